The van der Waals surface area contributed by atoms with Crippen LogP contribution in [0.3, 0.4) is 0 Å². The summed E-state index contributed by atoms with van der Waals surface area (Å²) in [7, 11) is 0. The average molecular weight is 531 g/mol. The Bertz CT molecular complexity index is 1360. The molecule has 204 valence electrons. The summed E-state index contributed by atoms with van der Waals surface area (Å²) in [6.07, 6.45) is 3.65. The van der Waals surface area contributed by atoms with E-state index in [2.05, 4.69) is 58.2 Å². The third-order valence-corrected chi connectivity index (χ3v) is 7.08. The highest BCUT2D eigenvalue weighted by Crippen LogP contribution is 2.40. The Morgan fingerprint density at radius 1 is 1.13 bits per heavy atom. The fourth-order valence-electron chi connectivity index (χ4n) is 5.25. The maximum atomic E-state index is 16.0. The standard InChI is InChI=1S/C29H35FN8O/c1-28(2,3)26(37(20-29(30)14-15-31-19-29)25(39)18-38-33-21-32-35-38)27-34-24(23-12-8-5-9-13-23)17-36(27)16-22-10-6-4-7-11-22/h4-13,17,21,26,31H,14-16,18-20H2,1-3H3/t26-,29-/m0/s1. The van der Waals surface area contributed by atoms with Crippen molar-refractivity contribution in [1.82, 2.24) is 40.0 Å². The van der Waals surface area contributed by atoms with Crippen LogP contribution in [0.4, 0.5) is 4.39 Å². The molecule has 0 saturated carbocycles. The number of aromatic nitrogens is 6. The van der Waals surface area contributed by atoms with Gasteiger partial charge < -0.3 is 14.8 Å². The van der Waals surface area contributed by atoms with Crippen LogP contribution in [0.15, 0.2) is 73.2 Å². The largest absolute Gasteiger partial charge is 0.328 e. The fraction of sp³-hybridized carbons (Fsp3) is 0.414. The number of hydrogen-bond donors (Lipinski definition) is 1. The van der Waals surface area contributed by atoms with E-state index < -0.39 is 17.1 Å². The normalized spacial score (nSPS) is 18.3. The molecule has 1 saturated heterocycles. The predicted molar refractivity (Wildman–Crippen MR) is 146 cm³/mol. The van der Waals surface area contributed by atoms with E-state index in [0.717, 1.165) is 16.8 Å². The minimum atomic E-state index is -1.55. The number of halogens is 1. The Labute approximate surface area is 228 Å². The van der Waals surface area contributed by atoms with E-state index in [1.54, 1.807) is 4.90 Å². The lowest BCUT2D eigenvalue weighted by Gasteiger charge is -2.42. The number of amides is 1. The van der Waals surface area contributed by atoms with Crippen molar-refractivity contribution in [2.75, 3.05) is 19.6 Å². The molecule has 0 unspecified atom stereocenters. The molecule has 3 heterocycles. The van der Waals surface area contributed by atoms with Gasteiger partial charge in [-0.25, -0.2) is 9.37 Å². The highest BCUT2D eigenvalue weighted by Gasteiger charge is 2.44. The van der Waals surface area contributed by atoms with Crippen LogP contribution in [0, 0.1) is 5.41 Å². The zero-order valence-electron chi connectivity index (χ0n) is 22.7. The zero-order valence-corrected chi connectivity index (χ0v) is 22.7. The molecular formula is C29H35FN8O. The summed E-state index contributed by atoms with van der Waals surface area (Å²) < 4.78 is 18.1. The van der Waals surface area contributed by atoms with Crippen molar-refractivity contribution in [3.63, 3.8) is 0 Å². The van der Waals surface area contributed by atoms with Crippen LogP contribution < -0.4 is 5.32 Å². The third-order valence-electron chi connectivity index (χ3n) is 7.08. The lowest BCUT2D eigenvalue weighted by atomic mass is 9.84. The Balaban J connectivity index is 1.62. The number of carbonyl (C=O) groups is 1. The summed E-state index contributed by atoms with van der Waals surface area (Å²) in [5.74, 6) is 0.423. The second-order valence-electron chi connectivity index (χ2n) is 11.3. The first kappa shape index (κ1) is 26.7. The van der Waals surface area contributed by atoms with Gasteiger partial charge in [0.05, 0.1) is 18.3 Å². The molecule has 5 rings (SSSR count). The van der Waals surface area contributed by atoms with Crippen molar-refractivity contribution in [2.45, 2.75) is 52.0 Å². The van der Waals surface area contributed by atoms with Crippen LogP contribution >= 0.6 is 0 Å². The van der Waals surface area contributed by atoms with Crippen molar-refractivity contribution in [2.24, 2.45) is 5.41 Å². The molecule has 10 heteroatoms. The number of imidazole rings is 1. The second-order valence-corrected chi connectivity index (χ2v) is 11.3. The molecule has 0 spiro atoms. The molecule has 2 aromatic heterocycles. The molecule has 0 radical (unpaired) electrons. The number of rotatable bonds is 9. The molecule has 0 aliphatic carbocycles. The van der Waals surface area contributed by atoms with E-state index >= 15 is 4.39 Å². The van der Waals surface area contributed by atoms with Gasteiger partial charge in [-0.05, 0) is 29.2 Å². The number of nitrogens with zero attached hydrogens (tertiary/aromatic N) is 7. The molecule has 1 aliphatic rings. The van der Waals surface area contributed by atoms with E-state index in [4.69, 9.17) is 4.98 Å². The second kappa shape index (κ2) is 11.1. The minimum absolute atomic E-state index is 0.0612. The zero-order chi connectivity index (χ0) is 27.5. The topological polar surface area (TPSA) is 93.8 Å². The summed E-state index contributed by atoms with van der Waals surface area (Å²) in [6, 6.07) is 19.6. The summed E-state index contributed by atoms with van der Waals surface area (Å²) in [5, 5.41) is 14.7. The van der Waals surface area contributed by atoms with Gasteiger partial charge in [-0.2, -0.15) is 4.80 Å². The monoisotopic (exact) mass is 530 g/mol. The van der Waals surface area contributed by atoms with Gasteiger partial charge in [0.25, 0.3) is 0 Å². The van der Waals surface area contributed by atoms with Gasteiger partial charge in [0.15, 0.2) is 6.33 Å². The van der Waals surface area contributed by atoms with Crippen molar-refractivity contribution >= 4 is 5.91 Å². The smallest absolute Gasteiger partial charge is 0.246 e. The summed E-state index contributed by atoms with van der Waals surface area (Å²) in [4.78, 5) is 21.9. The highest BCUT2D eigenvalue weighted by molar-refractivity contribution is 5.76. The molecule has 4 aromatic rings. The first-order valence-electron chi connectivity index (χ1n) is 13.3. The molecule has 1 aliphatic heterocycles. The van der Waals surface area contributed by atoms with Gasteiger partial charge in [0, 0.05) is 24.8 Å². The summed E-state index contributed by atoms with van der Waals surface area (Å²) in [5.41, 5.74) is 0.869. The maximum Gasteiger partial charge on any atom is 0.246 e. The van der Waals surface area contributed by atoms with Crippen LogP contribution in [-0.4, -0.2) is 65.9 Å². The number of nitrogens with one attached hydrogen (secondary N) is 1. The molecule has 9 nitrogen and oxygen atoms in total. The summed E-state index contributed by atoms with van der Waals surface area (Å²) in [6.45, 7) is 7.33. The van der Waals surface area contributed by atoms with Gasteiger partial charge in [0.2, 0.25) is 5.91 Å². The van der Waals surface area contributed by atoms with Gasteiger partial charge in [-0.1, -0.05) is 81.4 Å². The van der Waals surface area contributed by atoms with E-state index in [1.165, 1.54) is 11.1 Å². The van der Waals surface area contributed by atoms with Gasteiger partial charge in [0.1, 0.15) is 18.0 Å². The van der Waals surface area contributed by atoms with Crippen molar-refractivity contribution in [3.8, 4) is 11.3 Å². The van der Waals surface area contributed by atoms with Crippen molar-refractivity contribution in [3.05, 3.63) is 84.6 Å². The maximum absolute atomic E-state index is 16.0. The SMILES string of the molecule is CC(C)(C)[C@H](c1nc(-c2ccccc2)cn1Cc1ccccc1)N(C[C@]1(F)CCNC1)C(=O)Cn1ncnn1. The van der Waals surface area contributed by atoms with E-state index in [9.17, 15) is 4.79 Å². The number of carbonyl (C=O) groups excluding carboxylic acids is 1. The van der Waals surface area contributed by atoms with Crippen LogP contribution in [0.1, 0.15) is 44.6 Å². The fourth-order valence-corrected chi connectivity index (χ4v) is 5.25. The number of hydrogen-bond acceptors (Lipinski definition) is 6. The molecule has 2 aromatic carbocycles. The van der Waals surface area contributed by atoms with Crippen molar-refractivity contribution in [1.29, 1.82) is 0 Å². The van der Waals surface area contributed by atoms with Gasteiger partial charge in [-0.3, -0.25) is 4.79 Å². The van der Waals surface area contributed by atoms with E-state index in [-0.39, 0.29) is 25.5 Å². The predicted octanol–water partition coefficient (Wildman–Crippen LogP) is 3.90. The Morgan fingerprint density at radius 2 is 1.85 bits per heavy atom. The van der Waals surface area contributed by atoms with E-state index in [1.807, 2.05) is 54.7 Å². The summed E-state index contributed by atoms with van der Waals surface area (Å²) >= 11 is 0. The molecule has 1 N–H and O–H groups in total. The Morgan fingerprint density at radius 3 is 2.46 bits per heavy atom. The van der Waals surface area contributed by atoms with Gasteiger partial charge >= 0.3 is 0 Å². The number of tetrazole rings is 1. The molecule has 0 bridgehead atoms. The van der Waals surface area contributed by atoms with Gasteiger partial charge in [-0.15, -0.1) is 10.2 Å². The molecule has 39 heavy (non-hydrogen) atoms. The first-order valence-corrected chi connectivity index (χ1v) is 13.3. The lowest BCUT2D eigenvalue weighted by molar-refractivity contribution is -0.140. The molecule has 1 amide bonds. The molecule has 1 fully saturated rings. The van der Waals surface area contributed by atoms with Crippen LogP contribution in [0.5, 0.6) is 0 Å². The number of alkyl halides is 1. The van der Waals surface area contributed by atoms with Crippen molar-refractivity contribution < 1.29 is 9.18 Å². The molecule has 2 atom stereocenters. The van der Waals surface area contributed by atoms with Crippen LogP contribution in [0.2, 0.25) is 0 Å². The quantitative estimate of drug-likeness (QED) is 0.353. The first-order chi connectivity index (χ1) is 18.7. The molecular weight excluding hydrogens is 495 g/mol. The third kappa shape index (κ3) is 6.22. The highest BCUT2D eigenvalue weighted by atomic mass is 19.1. The Hall–Kier alpha value is -3.92. The lowest BCUT2D eigenvalue weighted by Crippen LogP contribution is -2.50. The number of benzene rings is 2. The van der Waals surface area contributed by atoms with E-state index in [0.29, 0.717) is 25.3 Å². The van der Waals surface area contributed by atoms with Crippen LogP contribution in [0.25, 0.3) is 11.3 Å². The Kier molecular flexibility index (Phi) is 7.56. The minimum Gasteiger partial charge on any atom is -0.328 e. The van der Waals surface area contributed by atoms with Crippen LogP contribution in [-0.2, 0) is 17.9 Å². The average Bonchev–Trinajstić information content (AvgIpc) is 3.67.